The fourth-order valence-corrected chi connectivity index (χ4v) is 1.50. The van der Waals surface area contributed by atoms with Crippen molar-refractivity contribution in [1.29, 1.82) is 0 Å². The van der Waals surface area contributed by atoms with Gasteiger partial charge in [-0.25, -0.2) is 8.78 Å². The minimum absolute atomic E-state index is 1.67. The maximum atomic E-state index is 13.4. The Labute approximate surface area is 109 Å². The van der Waals surface area contributed by atoms with Crippen LogP contribution in [0.15, 0.2) is 0 Å². The second-order valence-electron chi connectivity index (χ2n) is 4.02. The summed E-state index contributed by atoms with van der Waals surface area (Å²) in [5.41, 5.74) is -7.86. The maximum Gasteiger partial charge on any atom is 0.437 e. The molecule has 0 aliphatic carbocycles. The van der Waals surface area contributed by atoms with Gasteiger partial charge in [0.25, 0.3) is 0 Å². The molecule has 0 amide bonds. The van der Waals surface area contributed by atoms with E-state index in [-0.39, 0.29) is 0 Å². The third kappa shape index (κ3) is 1.76. The molecule has 1 heterocycles. The Bertz CT molecular complexity index is 445. The Morgan fingerprint density at radius 3 is 1.05 bits per heavy atom. The summed E-state index contributed by atoms with van der Waals surface area (Å²) in [6.45, 7) is 0. The van der Waals surface area contributed by atoms with Gasteiger partial charge < -0.3 is 0 Å². The van der Waals surface area contributed by atoms with E-state index in [1.54, 1.807) is 4.74 Å². The summed E-state index contributed by atoms with van der Waals surface area (Å²) in [7, 11) is 0. The van der Waals surface area contributed by atoms with Gasteiger partial charge in [0.2, 0.25) is 0 Å². The van der Waals surface area contributed by atoms with Crippen molar-refractivity contribution in [3.8, 4) is 0 Å². The normalized spacial score (nSPS) is 31.4. The van der Waals surface area contributed by atoms with Crippen molar-refractivity contribution in [1.82, 2.24) is 0 Å². The molecule has 22 heavy (non-hydrogen) atoms. The lowest BCUT2D eigenvalue weighted by Gasteiger charge is -2.39. The molecule has 0 aromatic carbocycles. The molecule has 132 valence electrons. The molecule has 0 aromatic rings. The van der Waals surface area contributed by atoms with Crippen LogP contribution < -0.4 is 0 Å². The zero-order valence-electron chi connectivity index (χ0n) is 9.20. The minimum atomic E-state index is -7.86. The number of hydrogen-bond donors (Lipinski definition) is 0. The van der Waals surface area contributed by atoms with Crippen LogP contribution >= 0.6 is 0 Å². The highest BCUT2D eigenvalue weighted by atomic mass is 19.4. The summed E-state index contributed by atoms with van der Waals surface area (Å²) in [4.78, 5) is 0. The van der Waals surface area contributed by atoms with Gasteiger partial charge in [0.1, 0.15) is 0 Å². The summed E-state index contributed by atoms with van der Waals surface area (Å²) in [6.07, 6.45) is -22.2. The molecule has 15 heteroatoms. The average molecular weight is 366 g/mol. The lowest BCUT2D eigenvalue weighted by atomic mass is 9.88. The number of ether oxygens (including phenoxy) is 1. The number of halogens is 14. The topological polar surface area (TPSA) is 9.23 Å². The summed E-state index contributed by atoms with van der Waals surface area (Å²) >= 11 is 0. The fraction of sp³-hybridized carbons (Fsp3) is 1.00. The Kier molecular flexibility index (Phi) is 3.53. The van der Waals surface area contributed by atoms with E-state index in [0.717, 1.165) is 0 Å². The molecular formula is C7F14O. The zero-order chi connectivity index (χ0) is 18.2. The molecular weight excluding hydrogens is 366 g/mol. The molecule has 1 unspecified atom stereocenters. The van der Waals surface area contributed by atoms with Gasteiger partial charge in [0.05, 0.1) is 0 Å². The molecule has 0 N–H and O–H groups in total. The van der Waals surface area contributed by atoms with E-state index in [4.69, 9.17) is 0 Å². The molecule has 0 bridgehead atoms. The van der Waals surface area contributed by atoms with Crippen molar-refractivity contribution in [2.45, 2.75) is 41.8 Å². The fourth-order valence-electron chi connectivity index (χ4n) is 1.50. The van der Waals surface area contributed by atoms with Crippen LogP contribution in [0.3, 0.4) is 0 Å². The van der Waals surface area contributed by atoms with E-state index in [1.165, 1.54) is 0 Å². The Hall–Kier alpha value is -1.02. The molecule has 0 saturated carbocycles. The first-order valence-corrected chi connectivity index (χ1v) is 4.55. The SMILES string of the molecule is FC(F)(F)C(F)(C(F)(F)F)C1(F)OC(F)(F)C(F)(F)C1(F)F. The van der Waals surface area contributed by atoms with Crippen LogP contribution in [0.4, 0.5) is 61.5 Å². The predicted octanol–water partition coefficient (Wildman–Crippen LogP) is 4.38. The molecule has 1 aliphatic rings. The molecule has 0 aromatic heterocycles. The number of alkyl halides is 14. The molecule has 1 atom stereocenters. The molecule has 1 rings (SSSR count). The van der Waals surface area contributed by atoms with E-state index in [9.17, 15) is 61.5 Å². The Balaban J connectivity index is 3.78. The van der Waals surface area contributed by atoms with Crippen LogP contribution in [-0.4, -0.2) is 41.8 Å². The number of rotatable bonds is 1. The van der Waals surface area contributed by atoms with Crippen LogP contribution in [0, 0.1) is 0 Å². The maximum absolute atomic E-state index is 13.4. The van der Waals surface area contributed by atoms with Crippen molar-refractivity contribution in [2.24, 2.45) is 0 Å². The van der Waals surface area contributed by atoms with Crippen molar-refractivity contribution >= 4 is 0 Å². The highest BCUT2D eigenvalue weighted by molar-refractivity contribution is 5.20. The van der Waals surface area contributed by atoms with Gasteiger partial charge in [0, 0.05) is 0 Å². The second-order valence-corrected chi connectivity index (χ2v) is 4.02. The van der Waals surface area contributed by atoms with E-state index in [2.05, 4.69) is 0 Å². The summed E-state index contributed by atoms with van der Waals surface area (Å²) in [6, 6.07) is 0. The van der Waals surface area contributed by atoms with Crippen molar-refractivity contribution in [3.05, 3.63) is 0 Å². The van der Waals surface area contributed by atoms with Crippen LogP contribution in [0.1, 0.15) is 0 Å². The molecule has 1 fully saturated rings. The summed E-state index contributed by atoms with van der Waals surface area (Å²) in [5.74, 6) is -22.2. The van der Waals surface area contributed by atoms with Crippen molar-refractivity contribution < 1.29 is 66.2 Å². The molecule has 0 radical (unpaired) electrons. The van der Waals surface area contributed by atoms with Crippen molar-refractivity contribution in [2.75, 3.05) is 0 Å². The predicted molar refractivity (Wildman–Crippen MR) is 35.7 cm³/mol. The molecule has 1 saturated heterocycles. The second kappa shape index (κ2) is 4.08. The monoisotopic (exact) mass is 366 g/mol. The van der Waals surface area contributed by atoms with Gasteiger partial charge in [-0.1, -0.05) is 0 Å². The first-order valence-electron chi connectivity index (χ1n) is 4.55. The van der Waals surface area contributed by atoms with Gasteiger partial charge >= 0.3 is 41.8 Å². The highest BCUT2D eigenvalue weighted by Crippen LogP contribution is 2.69. The Morgan fingerprint density at radius 1 is 0.545 bits per heavy atom. The minimum Gasteiger partial charge on any atom is -0.268 e. The third-order valence-corrected chi connectivity index (χ3v) is 2.66. The van der Waals surface area contributed by atoms with Gasteiger partial charge in [-0.2, -0.15) is 52.7 Å². The first kappa shape index (κ1) is 19.0. The Morgan fingerprint density at radius 2 is 0.864 bits per heavy atom. The van der Waals surface area contributed by atoms with E-state index in [1.807, 2.05) is 0 Å². The lowest BCUT2D eigenvalue weighted by molar-refractivity contribution is -0.452. The summed E-state index contributed by atoms with van der Waals surface area (Å²) < 4.78 is 176. The standard InChI is InChI=1S/C7F14O/c8-1(5(14,15)16,6(17,18)19)4(13)2(9,10)3(11,12)7(20,21)22-4. The zero-order valence-corrected chi connectivity index (χ0v) is 9.20. The number of hydrogen-bond acceptors (Lipinski definition) is 1. The largest absolute Gasteiger partial charge is 0.437 e. The van der Waals surface area contributed by atoms with E-state index < -0.39 is 41.8 Å². The third-order valence-electron chi connectivity index (χ3n) is 2.66. The summed E-state index contributed by atoms with van der Waals surface area (Å²) in [5, 5.41) is 0. The van der Waals surface area contributed by atoms with E-state index >= 15 is 0 Å². The highest BCUT2D eigenvalue weighted by Gasteiger charge is 3.01. The van der Waals surface area contributed by atoms with Crippen LogP contribution in [-0.2, 0) is 4.74 Å². The smallest absolute Gasteiger partial charge is 0.268 e. The van der Waals surface area contributed by atoms with Crippen LogP contribution in [0.2, 0.25) is 0 Å². The van der Waals surface area contributed by atoms with Gasteiger partial charge in [-0.3, -0.25) is 4.74 Å². The molecule has 1 aliphatic heterocycles. The van der Waals surface area contributed by atoms with Crippen LogP contribution in [0.25, 0.3) is 0 Å². The molecule has 0 spiro atoms. The van der Waals surface area contributed by atoms with Crippen LogP contribution in [0.5, 0.6) is 0 Å². The average Bonchev–Trinajstić information content (AvgIpc) is 2.31. The lowest BCUT2D eigenvalue weighted by Crippen LogP contribution is -2.72. The quantitative estimate of drug-likeness (QED) is 0.626. The molecule has 1 nitrogen and oxygen atoms in total. The van der Waals surface area contributed by atoms with Crippen molar-refractivity contribution in [3.63, 3.8) is 0 Å². The van der Waals surface area contributed by atoms with Gasteiger partial charge in [-0.15, -0.1) is 0 Å². The van der Waals surface area contributed by atoms with Gasteiger partial charge in [-0.05, 0) is 0 Å². The van der Waals surface area contributed by atoms with Gasteiger partial charge in [0.15, 0.2) is 0 Å². The first-order chi connectivity index (χ1) is 9.21. The van der Waals surface area contributed by atoms with E-state index in [0.29, 0.717) is 0 Å².